The van der Waals surface area contributed by atoms with Crippen LogP contribution in [0, 0.1) is 11.9 Å². The molecule has 0 aliphatic carbocycles. The van der Waals surface area contributed by atoms with Gasteiger partial charge in [0.05, 0.1) is 0 Å². The molecule has 1 radical (unpaired) electrons. The van der Waals surface area contributed by atoms with Crippen LogP contribution in [0.15, 0.2) is 35.7 Å². The Balaban J connectivity index is 1.95. The normalized spacial score (nSPS) is 10.1. The summed E-state index contributed by atoms with van der Waals surface area (Å²) in [4.78, 5) is 1.11. The fourth-order valence-electron chi connectivity index (χ4n) is 1.03. The summed E-state index contributed by atoms with van der Waals surface area (Å²) in [6.07, 6.45) is 0. The molecule has 0 saturated heterocycles. The lowest BCUT2D eigenvalue weighted by Crippen LogP contribution is -1.92. The molecule has 0 saturated carbocycles. The first kappa shape index (κ1) is 9.21. The molecule has 0 aliphatic rings. The predicted molar refractivity (Wildman–Crippen MR) is 53.9 cm³/mol. The van der Waals surface area contributed by atoms with Crippen molar-refractivity contribution in [3.63, 3.8) is 0 Å². The van der Waals surface area contributed by atoms with E-state index in [4.69, 9.17) is 4.74 Å². The van der Waals surface area contributed by atoms with Crippen molar-refractivity contribution < 1.29 is 9.13 Å². The van der Waals surface area contributed by atoms with E-state index in [1.807, 2.05) is 11.4 Å². The molecule has 0 atom stereocenters. The van der Waals surface area contributed by atoms with E-state index in [-0.39, 0.29) is 5.82 Å². The second-order valence-corrected chi connectivity index (χ2v) is 3.75. The maximum atomic E-state index is 12.5. The fraction of sp³-hybridized carbons (Fsp3) is 0.0909. The summed E-state index contributed by atoms with van der Waals surface area (Å²) in [5.41, 5.74) is 0. The van der Waals surface area contributed by atoms with E-state index >= 15 is 0 Å². The minimum atomic E-state index is -0.248. The van der Waals surface area contributed by atoms with Crippen LogP contribution in [0.25, 0.3) is 0 Å². The molecular formula is C11H8FOS. The molecule has 0 unspecified atom stereocenters. The third kappa shape index (κ3) is 2.33. The molecule has 2 rings (SSSR count). The number of hydrogen-bond acceptors (Lipinski definition) is 2. The fourth-order valence-corrected chi connectivity index (χ4v) is 1.58. The predicted octanol–water partition coefficient (Wildman–Crippen LogP) is 3.27. The van der Waals surface area contributed by atoms with E-state index in [1.54, 1.807) is 23.5 Å². The van der Waals surface area contributed by atoms with Gasteiger partial charge in [0.2, 0.25) is 0 Å². The monoisotopic (exact) mass is 207 g/mol. The summed E-state index contributed by atoms with van der Waals surface area (Å²) in [5.74, 6) is 0.432. The highest BCUT2D eigenvalue weighted by Gasteiger charge is 1.96. The van der Waals surface area contributed by atoms with E-state index in [2.05, 4.69) is 6.07 Å². The highest BCUT2D eigenvalue weighted by molar-refractivity contribution is 7.09. The van der Waals surface area contributed by atoms with Crippen molar-refractivity contribution in [2.75, 3.05) is 0 Å². The Morgan fingerprint density at radius 1 is 1.29 bits per heavy atom. The van der Waals surface area contributed by atoms with E-state index < -0.39 is 0 Å². The quantitative estimate of drug-likeness (QED) is 0.750. The molecule has 0 spiro atoms. The summed E-state index contributed by atoms with van der Waals surface area (Å²) < 4.78 is 18.0. The van der Waals surface area contributed by atoms with Gasteiger partial charge >= 0.3 is 0 Å². The van der Waals surface area contributed by atoms with Crippen molar-refractivity contribution in [3.05, 3.63) is 52.5 Å². The number of ether oxygens (including phenoxy) is 1. The Labute approximate surface area is 85.8 Å². The second-order valence-electron chi connectivity index (χ2n) is 2.76. The molecule has 1 aromatic heterocycles. The molecule has 1 heterocycles. The van der Waals surface area contributed by atoms with Gasteiger partial charge in [-0.15, -0.1) is 11.3 Å². The molecule has 1 nitrogen and oxygen atoms in total. The zero-order valence-corrected chi connectivity index (χ0v) is 8.18. The molecule has 3 heteroatoms. The van der Waals surface area contributed by atoms with Crippen LogP contribution in [0.4, 0.5) is 4.39 Å². The van der Waals surface area contributed by atoms with Gasteiger partial charge in [0.1, 0.15) is 18.2 Å². The first-order valence-electron chi connectivity index (χ1n) is 4.16. The largest absolute Gasteiger partial charge is 0.488 e. The first-order chi connectivity index (χ1) is 6.84. The van der Waals surface area contributed by atoms with Crippen LogP contribution in [0.5, 0.6) is 5.75 Å². The summed E-state index contributed by atoms with van der Waals surface area (Å²) >= 11 is 1.59. The molecule has 0 fully saturated rings. The number of hydrogen-bond donors (Lipinski definition) is 0. The van der Waals surface area contributed by atoms with Gasteiger partial charge in [0, 0.05) is 4.88 Å². The van der Waals surface area contributed by atoms with Crippen LogP contribution in [0.2, 0.25) is 0 Å². The van der Waals surface area contributed by atoms with Gasteiger partial charge in [0.25, 0.3) is 0 Å². The smallest absolute Gasteiger partial charge is 0.123 e. The van der Waals surface area contributed by atoms with Crippen LogP contribution < -0.4 is 4.74 Å². The zero-order valence-electron chi connectivity index (χ0n) is 7.37. The average Bonchev–Trinajstić information content (AvgIpc) is 2.70. The highest BCUT2D eigenvalue weighted by atomic mass is 32.1. The number of benzene rings is 1. The van der Waals surface area contributed by atoms with Gasteiger partial charge in [-0.3, -0.25) is 0 Å². The van der Waals surface area contributed by atoms with Gasteiger partial charge in [-0.25, -0.2) is 4.39 Å². The third-order valence-corrected chi connectivity index (χ3v) is 2.51. The van der Waals surface area contributed by atoms with Gasteiger partial charge in [0.15, 0.2) is 0 Å². The SMILES string of the molecule is Fc1ccc(OCc2c[c]cs2)cc1. The summed E-state index contributed by atoms with van der Waals surface area (Å²) in [5, 5.41) is 1.88. The lowest BCUT2D eigenvalue weighted by molar-refractivity contribution is 0.309. The van der Waals surface area contributed by atoms with Gasteiger partial charge in [-0.05, 0) is 41.8 Å². The van der Waals surface area contributed by atoms with E-state index in [0.717, 1.165) is 4.88 Å². The van der Waals surface area contributed by atoms with Gasteiger partial charge < -0.3 is 4.74 Å². The molecule has 0 N–H and O–H groups in total. The summed E-state index contributed by atoms with van der Waals surface area (Å²) in [7, 11) is 0. The lowest BCUT2D eigenvalue weighted by atomic mass is 10.3. The molecule has 71 valence electrons. The van der Waals surface area contributed by atoms with Gasteiger partial charge in [-0.2, -0.15) is 0 Å². The standard InChI is InChI=1S/C11H8FOS/c12-9-3-5-10(6-4-9)13-8-11-2-1-7-14-11/h2-7H,8H2. The first-order valence-corrected chi connectivity index (χ1v) is 5.04. The molecule has 0 bridgehead atoms. The topological polar surface area (TPSA) is 9.23 Å². The maximum Gasteiger partial charge on any atom is 0.123 e. The van der Waals surface area contributed by atoms with Crippen LogP contribution in [0.3, 0.4) is 0 Å². The highest BCUT2D eigenvalue weighted by Crippen LogP contribution is 2.15. The minimum absolute atomic E-state index is 0.248. The van der Waals surface area contributed by atoms with Crippen molar-refractivity contribution in [2.24, 2.45) is 0 Å². The Bertz CT molecular complexity index is 380. The van der Waals surface area contributed by atoms with E-state index in [9.17, 15) is 4.39 Å². The van der Waals surface area contributed by atoms with Crippen LogP contribution in [-0.4, -0.2) is 0 Å². The molecular weight excluding hydrogens is 199 g/mol. The Hall–Kier alpha value is -1.35. The van der Waals surface area contributed by atoms with Crippen molar-refractivity contribution in [3.8, 4) is 5.75 Å². The number of thiophene rings is 1. The van der Waals surface area contributed by atoms with Crippen molar-refractivity contribution in [1.29, 1.82) is 0 Å². The third-order valence-electron chi connectivity index (χ3n) is 1.72. The number of halogens is 1. The van der Waals surface area contributed by atoms with E-state index in [1.165, 1.54) is 12.1 Å². The lowest BCUT2D eigenvalue weighted by Gasteiger charge is -2.03. The Morgan fingerprint density at radius 3 is 2.71 bits per heavy atom. The Kier molecular flexibility index (Phi) is 2.79. The molecule has 14 heavy (non-hydrogen) atoms. The number of rotatable bonds is 3. The molecule has 0 aliphatic heterocycles. The van der Waals surface area contributed by atoms with Crippen LogP contribution >= 0.6 is 11.3 Å². The Morgan fingerprint density at radius 2 is 2.07 bits per heavy atom. The summed E-state index contributed by atoms with van der Waals surface area (Å²) in [6, 6.07) is 10.8. The average molecular weight is 207 g/mol. The van der Waals surface area contributed by atoms with Crippen molar-refractivity contribution >= 4 is 11.3 Å². The van der Waals surface area contributed by atoms with Crippen LogP contribution in [-0.2, 0) is 6.61 Å². The molecule has 0 amide bonds. The molecule has 2 aromatic rings. The van der Waals surface area contributed by atoms with Crippen molar-refractivity contribution in [1.82, 2.24) is 0 Å². The molecule has 1 aromatic carbocycles. The second kappa shape index (κ2) is 4.24. The zero-order chi connectivity index (χ0) is 9.80. The summed E-state index contributed by atoms with van der Waals surface area (Å²) in [6.45, 7) is 0.514. The minimum Gasteiger partial charge on any atom is -0.488 e. The van der Waals surface area contributed by atoms with Crippen molar-refractivity contribution in [2.45, 2.75) is 6.61 Å². The van der Waals surface area contributed by atoms with Gasteiger partial charge in [-0.1, -0.05) is 0 Å². The maximum absolute atomic E-state index is 12.5. The van der Waals surface area contributed by atoms with E-state index in [0.29, 0.717) is 12.4 Å². The van der Waals surface area contributed by atoms with Crippen LogP contribution in [0.1, 0.15) is 4.88 Å².